The minimum absolute atomic E-state index is 0.559. The van der Waals surface area contributed by atoms with Crippen molar-refractivity contribution in [3.63, 3.8) is 0 Å². The van der Waals surface area contributed by atoms with Crippen molar-refractivity contribution in [2.45, 2.75) is 6.54 Å². The van der Waals surface area contributed by atoms with Gasteiger partial charge in [-0.25, -0.2) is 0 Å². The molecule has 0 radical (unpaired) electrons. The average Bonchev–Trinajstić information content (AvgIpc) is 2.16. The Balaban J connectivity index is 1.87. The van der Waals surface area contributed by atoms with E-state index in [9.17, 15) is 0 Å². The van der Waals surface area contributed by atoms with Gasteiger partial charge in [0, 0.05) is 12.5 Å². The summed E-state index contributed by atoms with van der Waals surface area (Å²) in [6.07, 6.45) is 0. The first-order valence-corrected chi connectivity index (χ1v) is 4.88. The van der Waals surface area contributed by atoms with Crippen molar-refractivity contribution in [2.24, 2.45) is 11.7 Å². The van der Waals surface area contributed by atoms with Gasteiger partial charge >= 0.3 is 0 Å². The van der Waals surface area contributed by atoms with E-state index in [0.717, 1.165) is 31.1 Å². The molecule has 0 amide bonds. The highest BCUT2D eigenvalue weighted by Gasteiger charge is 2.18. The molecule has 1 fully saturated rings. The summed E-state index contributed by atoms with van der Waals surface area (Å²) < 4.78 is 10.7. The van der Waals surface area contributed by atoms with Crippen LogP contribution in [0.2, 0.25) is 0 Å². The zero-order chi connectivity index (χ0) is 9.80. The largest absolute Gasteiger partial charge is 0.493 e. The fraction of sp³-hybridized carbons (Fsp3) is 0.455. The van der Waals surface area contributed by atoms with Crippen LogP contribution in [0.5, 0.6) is 5.75 Å². The van der Waals surface area contributed by atoms with E-state index in [0.29, 0.717) is 12.5 Å². The van der Waals surface area contributed by atoms with Crippen LogP contribution >= 0.6 is 0 Å². The molecular weight excluding hydrogens is 178 g/mol. The van der Waals surface area contributed by atoms with Crippen molar-refractivity contribution in [3.05, 3.63) is 29.8 Å². The standard InChI is InChI=1S/C11H15NO2/c12-5-9-2-1-3-11(4-9)14-8-10-6-13-7-10/h1-4,10H,5-8,12H2. The second-order valence-corrected chi connectivity index (χ2v) is 3.57. The van der Waals surface area contributed by atoms with Crippen LogP contribution in [0.1, 0.15) is 5.56 Å². The first kappa shape index (κ1) is 9.49. The highest BCUT2D eigenvalue weighted by Crippen LogP contribution is 2.16. The number of ether oxygens (including phenoxy) is 2. The molecule has 0 spiro atoms. The number of nitrogens with two attached hydrogens (primary N) is 1. The number of rotatable bonds is 4. The average molecular weight is 193 g/mol. The molecule has 0 saturated carbocycles. The van der Waals surface area contributed by atoms with E-state index in [1.165, 1.54) is 0 Å². The molecule has 0 aromatic heterocycles. The second-order valence-electron chi connectivity index (χ2n) is 3.57. The van der Waals surface area contributed by atoms with Gasteiger partial charge in [0.1, 0.15) is 5.75 Å². The lowest BCUT2D eigenvalue weighted by Crippen LogP contribution is -2.32. The maximum absolute atomic E-state index is 5.62. The SMILES string of the molecule is NCc1cccc(OCC2COC2)c1. The fourth-order valence-electron chi connectivity index (χ4n) is 1.36. The van der Waals surface area contributed by atoms with Crippen LogP contribution in [0.25, 0.3) is 0 Å². The van der Waals surface area contributed by atoms with Gasteiger partial charge in [0.25, 0.3) is 0 Å². The van der Waals surface area contributed by atoms with Gasteiger partial charge in [-0.05, 0) is 17.7 Å². The summed E-state index contributed by atoms with van der Waals surface area (Å²) in [5.74, 6) is 1.47. The van der Waals surface area contributed by atoms with E-state index in [1.54, 1.807) is 0 Å². The zero-order valence-electron chi connectivity index (χ0n) is 8.11. The molecule has 1 heterocycles. The van der Waals surface area contributed by atoms with E-state index in [-0.39, 0.29) is 0 Å². The minimum Gasteiger partial charge on any atom is -0.493 e. The van der Waals surface area contributed by atoms with E-state index in [4.69, 9.17) is 15.2 Å². The van der Waals surface area contributed by atoms with Crippen LogP contribution in [-0.2, 0) is 11.3 Å². The minimum atomic E-state index is 0.559. The molecule has 0 atom stereocenters. The third-order valence-corrected chi connectivity index (χ3v) is 2.33. The first-order chi connectivity index (χ1) is 6.88. The van der Waals surface area contributed by atoms with E-state index < -0.39 is 0 Å². The van der Waals surface area contributed by atoms with Crippen LogP contribution < -0.4 is 10.5 Å². The lowest BCUT2D eigenvalue weighted by atomic mass is 10.1. The maximum Gasteiger partial charge on any atom is 0.119 e. The summed E-state index contributed by atoms with van der Waals surface area (Å²) in [6, 6.07) is 7.91. The summed E-state index contributed by atoms with van der Waals surface area (Å²) in [7, 11) is 0. The van der Waals surface area contributed by atoms with Crippen LogP contribution in [-0.4, -0.2) is 19.8 Å². The normalized spacial score (nSPS) is 16.4. The number of hydrogen-bond acceptors (Lipinski definition) is 3. The summed E-state index contributed by atoms with van der Waals surface area (Å²) >= 11 is 0. The lowest BCUT2D eigenvalue weighted by molar-refractivity contribution is -0.0508. The van der Waals surface area contributed by atoms with Gasteiger partial charge in [-0.15, -0.1) is 0 Å². The third-order valence-electron chi connectivity index (χ3n) is 2.33. The Morgan fingerprint density at radius 3 is 2.93 bits per heavy atom. The molecule has 14 heavy (non-hydrogen) atoms. The molecule has 3 nitrogen and oxygen atoms in total. The number of benzene rings is 1. The van der Waals surface area contributed by atoms with Crippen molar-refractivity contribution in [1.82, 2.24) is 0 Å². The van der Waals surface area contributed by atoms with Crippen LogP contribution in [0, 0.1) is 5.92 Å². The summed E-state index contributed by atoms with van der Waals surface area (Å²) in [5.41, 5.74) is 6.64. The van der Waals surface area contributed by atoms with Gasteiger partial charge in [0.05, 0.1) is 19.8 Å². The molecule has 1 aliphatic heterocycles. The topological polar surface area (TPSA) is 44.5 Å². The molecule has 1 aromatic rings. The van der Waals surface area contributed by atoms with Gasteiger partial charge in [0.2, 0.25) is 0 Å². The molecule has 1 aromatic carbocycles. The van der Waals surface area contributed by atoms with Crippen LogP contribution in [0.15, 0.2) is 24.3 Å². The van der Waals surface area contributed by atoms with Gasteiger partial charge in [-0.1, -0.05) is 12.1 Å². The Morgan fingerprint density at radius 1 is 1.43 bits per heavy atom. The molecule has 0 aliphatic carbocycles. The van der Waals surface area contributed by atoms with Crippen LogP contribution in [0.3, 0.4) is 0 Å². The van der Waals surface area contributed by atoms with Gasteiger partial charge in [-0.2, -0.15) is 0 Å². The summed E-state index contributed by atoms with van der Waals surface area (Å²) in [6.45, 7) is 2.96. The van der Waals surface area contributed by atoms with E-state index in [1.807, 2.05) is 24.3 Å². The van der Waals surface area contributed by atoms with E-state index in [2.05, 4.69) is 0 Å². The summed E-state index contributed by atoms with van der Waals surface area (Å²) in [4.78, 5) is 0. The van der Waals surface area contributed by atoms with Gasteiger partial charge in [-0.3, -0.25) is 0 Å². The Morgan fingerprint density at radius 2 is 2.29 bits per heavy atom. The van der Waals surface area contributed by atoms with Gasteiger partial charge in [0.15, 0.2) is 0 Å². The second kappa shape index (κ2) is 4.44. The Kier molecular flexibility index (Phi) is 3.01. The predicted octanol–water partition coefficient (Wildman–Crippen LogP) is 1.17. The Bertz CT molecular complexity index is 297. The molecule has 2 N–H and O–H groups in total. The van der Waals surface area contributed by atoms with Crippen molar-refractivity contribution in [1.29, 1.82) is 0 Å². The summed E-state index contributed by atoms with van der Waals surface area (Å²) in [5, 5.41) is 0. The molecule has 1 saturated heterocycles. The number of hydrogen-bond donors (Lipinski definition) is 1. The lowest BCUT2D eigenvalue weighted by Gasteiger charge is -2.25. The smallest absolute Gasteiger partial charge is 0.119 e. The molecule has 0 unspecified atom stereocenters. The molecule has 76 valence electrons. The molecule has 2 rings (SSSR count). The fourth-order valence-corrected chi connectivity index (χ4v) is 1.36. The quantitative estimate of drug-likeness (QED) is 0.780. The highest BCUT2D eigenvalue weighted by molar-refractivity contribution is 5.28. The maximum atomic E-state index is 5.62. The molecule has 0 bridgehead atoms. The third kappa shape index (κ3) is 2.25. The monoisotopic (exact) mass is 193 g/mol. The van der Waals surface area contributed by atoms with Crippen molar-refractivity contribution >= 4 is 0 Å². The predicted molar refractivity (Wildman–Crippen MR) is 54.1 cm³/mol. The Labute approximate surface area is 83.8 Å². The van der Waals surface area contributed by atoms with Crippen molar-refractivity contribution < 1.29 is 9.47 Å². The van der Waals surface area contributed by atoms with Crippen molar-refractivity contribution in [2.75, 3.05) is 19.8 Å². The molecule has 3 heteroatoms. The first-order valence-electron chi connectivity index (χ1n) is 4.88. The van der Waals surface area contributed by atoms with Crippen molar-refractivity contribution in [3.8, 4) is 5.75 Å². The van der Waals surface area contributed by atoms with Crippen LogP contribution in [0.4, 0.5) is 0 Å². The molecular formula is C11H15NO2. The van der Waals surface area contributed by atoms with Gasteiger partial charge < -0.3 is 15.2 Å². The molecule has 1 aliphatic rings. The highest BCUT2D eigenvalue weighted by atomic mass is 16.5. The zero-order valence-corrected chi connectivity index (χ0v) is 8.11. The Hall–Kier alpha value is -1.06. The van der Waals surface area contributed by atoms with E-state index >= 15 is 0 Å².